The van der Waals surface area contributed by atoms with Crippen LogP contribution in [0.3, 0.4) is 0 Å². The molecule has 1 aliphatic rings. The van der Waals surface area contributed by atoms with Crippen molar-refractivity contribution < 1.29 is 4.42 Å². The molecule has 0 saturated carbocycles. The third-order valence-corrected chi connectivity index (χ3v) is 6.16. The maximum Gasteiger partial charge on any atom is 0.196 e. The van der Waals surface area contributed by atoms with Crippen molar-refractivity contribution in [3.05, 3.63) is 65.9 Å². The number of piperazine rings is 1. The maximum absolute atomic E-state index is 9.14. The predicted molar refractivity (Wildman–Crippen MR) is 121 cm³/mol. The number of anilines is 1. The van der Waals surface area contributed by atoms with E-state index in [-0.39, 0.29) is 0 Å². The number of para-hydroxylation sites is 1. The Bertz CT molecular complexity index is 1160. The van der Waals surface area contributed by atoms with Gasteiger partial charge in [0.2, 0.25) is 0 Å². The molecule has 5 rings (SSSR count). The average molecular weight is 399 g/mol. The molecule has 0 unspecified atom stereocenters. The van der Waals surface area contributed by atoms with Crippen molar-refractivity contribution in [1.82, 2.24) is 9.88 Å². The van der Waals surface area contributed by atoms with E-state index in [1.165, 1.54) is 22.8 Å². The van der Waals surface area contributed by atoms with Crippen molar-refractivity contribution in [2.75, 3.05) is 37.6 Å². The lowest BCUT2D eigenvalue weighted by molar-refractivity contribution is 0.249. The molecule has 0 bridgehead atoms. The predicted octanol–water partition coefficient (Wildman–Crippen LogP) is 4.93. The number of aryl methyl sites for hydroxylation is 1. The Hall–Kier alpha value is -3.23. The van der Waals surface area contributed by atoms with Crippen molar-refractivity contribution in [2.24, 2.45) is 0 Å². The molecule has 2 aromatic carbocycles. The minimum atomic E-state index is 0.727. The molecule has 1 N–H and O–H groups in total. The van der Waals surface area contributed by atoms with Gasteiger partial charge in [0.15, 0.2) is 5.88 Å². The van der Waals surface area contributed by atoms with Gasteiger partial charge in [-0.05, 0) is 55.6 Å². The molecule has 0 spiro atoms. The van der Waals surface area contributed by atoms with E-state index in [0.717, 1.165) is 68.1 Å². The van der Waals surface area contributed by atoms with E-state index in [2.05, 4.69) is 45.2 Å². The third kappa shape index (κ3) is 3.79. The SMILES string of the molecule is N#Cc1ccc2[nH]cc(CCCCN3CCN(c4cc5ccccc5o4)CC3)c2c1. The number of nitrogens with zero attached hydrogens (tertiary/aromatic N) is 3. The molecule has 5 nitrogen and oxygen atoms in total. The summed E-state index contributed by atoms with van der Waals surface area (Å²) in [6.45, 7) is 5.32. The number of nitrogens with one attached hydrogen (secondary N) is 1. The van der Waals surface area contributed by atoms with Crippen LogP contribution in [-0.2, 0) is 6.42 Å². The third-order valence-electron chi connectivity index (χ3n) is 6.16. The van der Waals surface area contributed by atoms with Gasteiger partial charge in [0.1, 0.15) is 5.58 Å². The first kappa shape index (κ1) is 18.8. The number of rotatable bonds is 6. The van der Waals surface area contributed by atoms with Gasteiger partial charge in [-0.2, -0.15) is 5.26 Å². The fourth-order valence-electron chi connectivity index (χ4n) is 4.42. The van der Waals surface area contributed by atoms with Gasteiger partial charge < -0.3 is 14.3 Å². The molecule has 0 atom stereocenters. The van der Waals surface area contributed by atoms with Gasteiger partial charge in [-0.15, -0.1) is 0 Å². The Balaban J connectivity index is 1.10. The molecule has 152 valence electrons. The topological polar surface area (TPSA) is 59.2 Å². The second-order valence-electron chi connectivity index (χ2n) is 8.09. The second-order valence-corrected chi connectivity index (χ2v) is 8.09. The largest absolute Gasteiger partial charge is 0.441 e. The van der Waals surface area contributed by atoms with Gasteiger partial charge in [0.25, 0.3) is 0 Å². The molecular formula is C25H26N4O. The molecule has 30 heavy (non-hydrogen) atoms. The first-order valence-electron chi connectivity index (χ1n) is 10.8. The summed E-state index contributed by atoms with van der Waals surface area (Å²) < 4.78 is 6.02. The quantitative estimate of drug-likeness (QED) is 0.468. The van der Waals surface area contributed by atoms with E-state index in [0.29, 0.717) is 0 Å². The van der Waals surface area contributed by atoms with Gasteiger partial charge in [0.05, 0.1) is 11.6 Å². The molecule has 4 aromatic rings. The monoisotopic (exact) mass is 398 g/mol. The van der Waals surface area contributed by atoms with Crippen LogP contribution in [0.4, 0.5) is 5.88 Å². The van der Waals surface area contributed by atoms with Crippen LogP contribution >= 0.6 is 0 Å². The van der Waals surface area contributed by atoms with E-state index in [1.54, 1.807) is 0 Å². The number of furan rings is 1. The number of fused-ring (bicyclic) bond motifs is 2. The van der Waals surface area contributed by atoms with E-state index in [9.17, 15) is 0 Å². The van der Waals surface area contributed by atoms with E-state index in [1.807, 2.05) is 30.3 Å². The fraction of sp³-hybridized carbons (Fsp3) is 0.320. The van der Waals surface area contributed by atoms with Crippen molar-refractivity contribution in [3.63, 3.8) is 0 Å². The number of hydrogen-bond donors (Lipinski definition) is 1. The average Bonchev–Trinajstić information content (AvgIpc) is 3.41. The standard InChI is InChI=1S/C25H26N4O/c26-17-19-8-9-23-22(15-19)21(18-27-23)6-3-4-10-28-11-13-29(14-12-28)25-16-20-5-1-2-7-24(20)30-25/h1-2,5,7-9,15-16,18,27H,3-4,6,10-14H2. The molecule has 1 aliphatic heterocycles. The Morgan fingerprint density at radius 2 is 1.87 bits per heavy atom. The highest BCUT2D eigenvalue weighted by Crippen LogP contribution is 2.27. The van der Waals surface area contributed by atoms with Crippen molar-refractivity contribution in [1.29, 1.82) is 5.26 Å². The number of unbranched alkanes of at least 4 members (excludes halogenated alkanes) is 1. The van der Waals surface area contributed by atoms with Crippen LogP contribution in [0, 0.1) is 11.3 Å². The minimum absolute atomic E-state index is 0.727. The lowest BCUT2D eigenvalue weighted by Crippen LogP contribution is -2.46. The summed E-state index contributed by atoms with van der Waals surface area (Å²) in [6, 6.07) is 18.5. The smallest absolute Gasteiger partial charge is 0.196 e. The second kappa shape index (κ2) is 8.25. The summed E-state index contributed by atoms with van der Waals surface area (Å²) >= 11 is 0. The van der Waals surface area contributed by atoms with E-state index < -0.39 is 0 Å². The van der Waals surface area contributed by atoms with Crippen LogP contribution in [-0.4, -0.2) is 42.6 Å². The Morgan fingerprint density at radius 3 is 2.70 bits per heavy atom. The Morgan fingerprint density at radius 1 is 1.00 bits per heavy atom. The number of H-pyrrole nitrogens is 1. The van der Waals surface area contributed by atoms with Crippen LogP contribution in [0.2, 0.25) is 0 Å². The normalized spacial score (nSPS) is 15.1. The molecule has 0 amide bonds. The molecule has 0 radical (unpaired) electrons. The molecule has 1 fully saturated rings. The summed E-state index contributed by atoms with van der Waals surface area (Å²) in [4.78, 5) is 8.24. The number of aromatic amines is 1. The molecular weight excluding hydrogens is 372 g/mol. The van der Waals surface area contributed by atoms with Gasteiger partial charge in [-0.1, -0.05) is 18.2 Å². The fourth-order valence-corrected chi connectivity index (χ4v) is 4.42. The van der Waals surface area contributed by atoms with Crippen LogP contribution in [0.15, 0.2) is 59.1 Å². The highest BCUT2D eigenvalue weighted by molar-refractivity contribution is 5.84. The lowest BCUT2D eigenvalue weighted by Gasteiger charge is -2.34. The zero-order chi connectivity index (χ0) is 20.3. The highest BCUT2D eigenvalue weighted by Gasteiger charge is 2.19. The zero-order valence-electron chi connectivity index (χ0n) is 17.1. The summed E-state index contributed by atoms with van der Waals surface area (Å²) in [7, 11) is 0. The molecule has 1 saturated heterocycles. The first-order chi connectivity index (χ1) is 14.8. The van der Waals surface area contributed by atoms with Gasteiger partial charge in [-0.3, -0.25) is 4.90 Å². The molecule has 3 heterocycles. The van der Waals surface area contributed by atoms with Crippen LogP contribution in [0.1, 0.15) is 24.0 Å². The van der Waals surface area contributed by atoms with Crippen LogP contribution in [0.25, 0.3) is 21.9 Å². The van der Waals surface area contributed by atoms with Gasteiger partial charge in [-0.25, -0.2) is 0 Å². The van der Waals surface area contributed by atoms with Crippen molar-refractivity contribution in [3.8, 4) is 6.07 Å². The lowest BCUT2D eigenvalue weighted by atomic mass is 10.1. The first-order valence-corrected chi connectivity index (χ1v) is 10.8. The number of hydrogen-bond acceptors (Lipinski definition) is 4. The number of benzene rings is 2. The Labute approximate surface area is 176 Å². The molecule has 2 aromatic heterocycles. The van der Waals surface area contributed by atoms with Gasteiger partial charge in [0, 0.05) is 54.7 Å². The van der Waals surface area contributed by atoms with Crippen molar-refractivity contribution >= 4 is 27.8 Å². The van der Waals surface area contributed by atoms with Crippen LogP contribution in [0.5, 0.6) is 0 Å². The summed E-state index contributed by atoms with van der Waals surface area (Å²) in [5.41, 5.74) is 4.13. The highest BCUT2D eigenvalue weighted by atomic mass is 16.4. The number of nitriles is 1. The van der Waals surface area contributed by atoms with Crippen LogP contribution < -0.4 is 4.90 Å². The summed E-state index contributed by atoms with van der Waals surface area (Å²) in [5, 5.41) is 11.5. The van der Waals surface area contributed by atoms with E-state index in [4.69, 9.17) is 9.68 Å². The zero-order valence-corrected chi connectivity index (χ0v) is 17.1. The molecule has 0 aliphatic carbocycles. The van der Waals surface area contributed by atoms with E-state index >= 15 is 0 Å². The minimum Gasteiger partial charge on any atom is -0.441 e. The summed E-state index contributed by atoms with van der Waals surface area (Å²) in [6.07, 6.45) is 5.49. The summed E-state index contributed by atoms with van der Waals surface area (Å²) in [5.74, 6) is 0.993. The Kier molecular flexibility index (Phi) is 5.17. The maximum atomic E-state index is 9.14. The number of aromatic nitrogens is 1. The molecule has 5 heteroatoms. The van der Waals surface area contributed by atoms with Gasteiger partial charge >= 0.3 is 0 Å². The van der Waals surface area contributed by atoms with Crippen molar-refractivity contribution in [2.45, 2.75) is 19.3 Å².